The van der Waals surface area contributed by atoms with E-state index < -0.39 is 0 Å². The molecule has 5 nitrogen and oxygen atoms in total. The number of amides is 2. The molecule has 1 aromatic carbocycles. The van der Waals surface area contributed by atoms with Gasteiger partial charge in [-0.25, -0.2) is 4.79 Å². The summed E-state index contributed by atoms with van der Waals surface area (Å²) in [6.45, 7) is 4.00. The normalized spacial score (nSPS) is 26.1. The third-order valence-corrected chi connectivity index (χ3v) is 4.52. The number of likely N-dealkylation sites (N-methyl/N-ethyl adjacent to an activating group) is 1. The lowest BCUT2D eigenvalue weighted by atomic mass is 10.1. The number of urea groups is 1. The summed E-state index contributed by atoms with van der Waals surface area (Å²) in [7, 11) is 2.09. The Labute approximate surface area is 132 Å². The molecule has 22 heavy (non-hydrogen) atoms. The van der Waals surface area contributed by atoms with Crippen molar-refractivity contribution >= 4 is 6.03 Å². The van der Waals surface area contributed by atoms with Crippen molar-refractivity contribution in [3.8, 4) is 0 Å². The Morgan fingerprint density at radius 3 is 2.91 bits per heavy atom. The second-order valence-corrected chi connectivity index (χ2v) is 6.20. The van der Waals surface area contributed by atoms with Gasteiger partial charge in [-0.15, -0.1) is 0 Å². The van der Waals surface area contributed by atoms with Crippen LogP contribution in [-0.4, -0.2) is 61.8 Å². The predicted molar refractivity (Wildman–Crippen MR) is 85.8 cm³/mol. The standard InChI is InChI=1S/C17H25N3O2/c1-19-10-11-22-15(13-19)12-18-17(21)20-9-5-8-16(20)14-6-3-2-4-7-14/h2-4,6-7,15-16H,5,8-13H2,1H3,(H,18,21)/t15-,16-/m1/s1. The summed E-state index contributed by atoms with van der Waals surface area (Å²) in [5, 5.41) is 3.05. The van der Waals surface area contributed by atoms with Crippen LogP contribution in [0.15, 0.2) is 30.3 Å². The minimum Gasteiger partial charge on any atom is -0.374 e. The van der Waals surface area contributed by atoms with Crippen molar-refractivity contribution < 1.29 is 9.53 Å². The van der Waals surface area contributed by atoms with Crippen LogP contribution < -0.4 is 5.32 Å². The van der Waals surface area contributed by atoms with Gasteiger partial charge in [0.2, 0.25) is 0 Å². The molecule has 2 atom stereocenters. The molecule has 0 aliphatic carbocycles. The zero-order chi connectivity index (χ0) is 15.4. The predicted octanol–water partition coefficient (Wildman–Crippen LogP) is 1.86. The van der Waals surface area contributed by atoms with Crippen LogP contribution in [0.3, 0.4) is 0 Å². The summed E-state index contributed by atoms with van der Waals surface area (Å²) in [6.07, 6.45) is 2.20. The van der Waals surface area contributed by atoms with Gasteiger partial charge in [-0.2, -0.15) is 0 Å². The first-order chi connectivity index (χ1) is 10.7. The van der Waals surface area contributed by atoms with Gasteiger partial charge < -0.3 is 19.9 Å². The third kappa shape index (κ3) is 3.59. The molecule has 0 bridgehead atoms. The quantitative estimate of drug-likeness (QED) is 0.927. The molecule has 0 unspecified atom stereocenters. The fraction of sp³-hybridized carbons (Fsp3) is 0.588. The first-order valence-electron chi connectivity index (χ1n) is 8.13. The van der Waals surface area contributed by atoms with Gasteiger partial charge in [-0.1, -0.05) is 30.3 Å². The van der Waals surface area contributed by atoms with Gasteiger partial charge >= 0.3 is 6.03 Å². The number of nitrogens with one attached hydrogen (secondary N) is 1. The highest BCUT2D eigenvalue weighted by Gasteiger charge is 2.30. The van der Waals surface area contributed by atoms with Crippen molar-refractivity contribution in [3.05, 3.63) is 35.9 Å². The van der Waals surface area contributed by atoms with Crippen molar-refractivity contribution in [3.63, 3.8) is 0 Å². The molecule has 1 aromatic rings. The van der Waals surface area contributed by atoms with E-state index in [9.17, 15) is 4.79 Å². The van der Waals surface area contributed by atoms with Crippen molar-refractivity contribution in [1.29, 1.82) is 0 Å². The lowest BCUT2D eigenvalue weighted by Crippen LogP contribution is -2.48. The maximum absolute atomic E-state index is 12.5. The van der Waals surface area contributed by atoms with Gasteiger partial charge in [0.15, 0.2) is 0 Å². The minimum absolute atomic E-state index is 0.0307. The summed E-state index contributed by atoms with van der Waals surface area (Å²) in [4.78, 5) is 16.7. The minimum atomic E-state index is 0.0307. The van der Waals surface area contributed by atoms with E-state index in [4.69, 9.17) is 4.74 Å². The van der Waals surface area contributed by atoms with E-state index in [0.29, 0.717) is 6.54 Å². The van der Waals surface area contributed by atoms with Crippen molar-refractivity contribution in [2.75, 3.05) is 39.8 Å². The molecule has 2 aliphatic rings. The molecule has 0 aromatic heterocycles. The summed E-state index contributed by atoms with van der Waals surface area (Å²) >= 11 is 0. The maximum atomic E-state index is 12.5. The first-order valence-corrected chi connectivity index (χ1v) is 8.13. The summed E-state index contributed by atoms with van der Waals surface area (Å²) in [6, 6.07) is 10.5. The number of carbonyl (C=O) groups excluding carboxylic acids is 1. The molecule has 2 heterocycles. The number of morpholine rings is 1. The molecule has 5 heteroatoms. The molecular formula is C17H25N3O2. The third-order valence-electron chi connectivity index (χ3n) is 4.52. The number of nitrogens with zero attached hydrogens (tertiary/aromatic N) is 2. The van der Waals surface area contributed by atoms with Crippen LogP contribution in [-0.2, 0) is 4.74 Å². The number of benzene rings is 1. The largest absolute Gasteiger partial charge is 0.374 e. The Bertz CT molecular complexity index is 494. The number of rotatable bonds is 3. The van der Waals surface area contributed by atoms with Crippen LogP contribution in [0, 0.1) is 0 Å². The average molecular weight is 303 g/mol. The van der Waals surface area contributed by atoms with Crippen LogP contribution in [0.25, 0.3) is 0 Å². The van der Waals surface area contributed by atoms with E-state index in [2.05, 4.69) is 29.4 Å². The smallest absolute Gasteiger partial charge is 0.318 e. The van der Waals surface area contributed by atoms with Crippen LogP contribution in [0.1, 0.15) is 24.4 Å². The first kappa shape index (κ1) is 15.3. The lowest BCUT2D eigenvalue weighted by molar-refractivity contribution is -0.0172. The molecule has 0 radical (unpaired) electrons. The highest BCUT2D eigenvalue weighted by atomic mass is 16.5. The van der Waals surface area contributed by atoms with Crippen LogP contribution in [0.4, 0.5) is 4.79 Å². The lowest BCUT2D eigenvalue weighted by Gasteiger charge is -2.31. The van der Waals surface area contributed by atoms with Gasteiger partial charge in [0.1, 0.15) is 0 Å². The molecule has 1 N–H and O–H groups in total. The van der Waals surface area contributed by atoms with Gasteiger partial charge in [0.25, 0.3) is 0 Å². The Balaban J connectivity index is 1.55. The zero-order valence-corrected chi connectivity index (χ0v) is 13.2. The number of hydrogen-bond donors (Lipinski definition) is 1. The topological polar surface area (TPSA) is 44.8 Å². The van der Waals surface area contributed by atoms with Gasteiger partial charge in [0, 0.05) is 26.2 Å². The van der Waals surface area contributed by atoms with E-state index in [1.54, 1.807) is 0 Å². The SMILES string of the molecule is CN1CCO[C@H](CNC(=O)N2CCC[C@@H]2c2ccccc2)C1. The van der Waals surface area contributed by atoms with E-state index >= 15 is 0 Å². The highest BCUT2D eigenvalue weighted by Crippen LogP contribution is 2.31. The molecule has 0 saturated carbocycles. The zero-order valence-electron chi connectivity index (χ0n) is 13.2. The number of likely N-dealkylation sites (tertiary alicyclic amines) is 1. The molecule has 120 valence electrons. The average Bonchev–Trinajstić information content (AvgIpc) is 3.03. The Morgan fingerprint density at radius 2 is 2.14 bits per heavy atom. The number of ether oxygens (including phenoxy) is 1. The van der Waals surface area contributed by atoms with Crippen molar-refractivity contribution in [2.24, 2.45) is 0 Å². The summed E-state index contributed by atoms with van der Waals surface area (Å²) in [5.41, 5.74) is 1.23. The molecule has 0 spiro atoms. The Kier molecular flexibility index (Phi) is 4.95. The van der Waals surface area contributed by atoms with E-state index in [1.165, 1.54) is 5.56 Å². The molecule has 2 amide bonds. The van der Waals surface area contributed by atoms with E-state index in [1.807, 2.05) is 23.1 Å². The maximum Gasteiger partial charge on any atom is 0.318 e. The Morgan fingerprint density at radius 1 is 1.32 bits per heavy atom. The van der Waals surface area contributed by atoms with Gasteiger partial charge in [-0.3, -0.25) is 0 Å². The molecule has 2 fully saturated rings. The second kappa shape index (κ2) is 7.11. The van der Waals surface area contributed by atoms with Crippen LogP contribution in [0.2, 0.25) is 0 Å². The fourth-order valence-electron chi connectivity index (χ4n) is 3.32. The van der Waals surface area contributed by atoms with Crippen molar-refractivity contribution in [1.82, 2.24) is 15.1 Å². The summed E-state index contributed by atoms with van der Waals surface area (Å²) < 4.78 is 5.70. The summed E-state index contributed by atoms with van der Waals surface area (Å²) in [5.74, 6) is 0. The van der Waals surface area contributed by atoms with Crippen LogP contribution >= 0.6 is 0 Å². The van der Waals surface area contributed by atoms with Crippen LogP contribution in [0.5, 0.6) is 0 Å². The number of carbonyl (C=O) groups is 1. The molecule has 3 rings (SSSR count). The van der Waals surface area contributed by atoms with E-state index in [0.717, 1.165) is 39.1 Å². The van der Waals surface area contributed by atoms with Crippen molar-refractivity contribution in [2.45, 2.75) is 25.0 Å². The van der Waals surface area contributed by atoms with E-state index in [-0.39, 0.29) is 18.2 Å². The Hall–Kier alpha value is -1.59. The van der Waals surface area contributed by atoms with Gasteiger partial charge in [0.05, 0.1) is 18.8 Å². The van der Waals surface area contributed by atoms with Gasteiger partial charge in [-0.05, 0) is 25.5 Å². The molecular weight excluding hydrogens is 278 g/mol. The monoisotopic (exact) mass is 303 g/mol. The highest BCUT2D eigenvalue weighted by molar-refractivity contribution is 5.75. The molecule has 2 aliphatic heterocycles. The second-order valence-electron chi connectivity index (χ2n) is 6.20. The fourth-order valence-corrected chi connectivity index (χ4v) is 3.32. The number of hydrogen-bond acceptors (Lipinski definition) is 3. The molecule has 2 saturated heterocycles.